The van der Waals surface area contributed by atoms with Gasteiger partial charge in [0.2, 0.25) is 0 Å². The van der Waals surface area contributed by atoms with E-state index >= 15 is 0 Å². The Morgan fingerprint density at radius 2 is 1.95 bits per heavy atom. The van der Waals surface area contributed by atoms with Gasteiger partial charge in [-0.1, -0.05) is 41.0 Å². The van der Waals surface area contributed by atoms with Crippen molar-refractivity contribution in [3.63, 3.8) is 0 Å². The minimum absolute atomic E-state index is 0.479. The number of anilines is 1. The van der Waals surface area contributed by atoms with E-state index in [2.05, 4.69) is 4.98 Å². The Hall–Kier alpha value is -1.36. The molecule has 6 heteroatoms. The van der Waals surface area contributed by atoms with Gasteiger partial charge in [-0.2, -0.15) is 0 Å². The van der Waals surface area contributed by atoms with Crippen LogP contribution in [0.2, 0.25) is 10.0 Å². The third-order valence-electron chi connectivity index (χ3n) is 2.57. The maximum absolute atomic E-state index is 6.01. The van der Waals surface area contributed by atoms with Gasteiger partial charge in [0.1, 0.15) is 10.7 Å². The van der Waals surface area contributed by atoms with Gasteiger partial charge in [-0.05, 0) is 30.3 Å². The van der Waals surface area contributed by atoms with Crippen LogP contribution in [-0.4, -0.2) is 9.38 Å². The van der Waals surface area contributed by atoms with Crippen molar-refractivity contribution in [1.82, 2.24) is 9.38 Å². The maximum atomic E-state index is 6.01. The highest BCUT2D eigenvalue weighted by Gasteiger charge is 2.11. The van der Waals surface area contributed by atoms with Gasteiger partial charge in [0.15, 0.2) is 5.82 Å². The fourth-order valence-electron chi connectivity index (χ4n) is 1.76. The van der Waals surface area contributed by atoms with Crippen molar-refractivity contribution in [2.45, 2.75) is 9.92 Å². The van der Waals surface area contributed by atoms with Gasteiger partial charge in [0, 0.05) is 16.1 Å². The first-order valence-electron chi connectivity index (χ1n) is 5.50. The Kier molecular flexibility index (Phi) is 3.31. The summed E-state index contributed by atoms with van der Waals surface area (Å²) in [6.07, 6.45) is 1.80. The number of fused-ring (bicyclic) bond motifs is 1. The number of nitrogen functional groups attached to an aromatic ring is 1. The van der Waals surface area contributed by atoms with Crippen LogP contribution in [0.25, 0.3) is 5.65 Å². The summed E-state index contributed by atoms with van der Waals surface area (Å²) in [7, 11) is 0. The summed E-state index contributed by atoms with van der Waals surface area (Å²) in [4.78, 5) is 5.30. The third-order valence-corrected chi connectivity index (χ3v) is 4.12. The van der Waals surface area contributed by atoms with Gasteiger partial charge < -0.3 is 5.73 Å². The van der Waals surface area contributed by atoms with Crippen LogP contribution in [0.4, 0.5) is 5.82 Å². The minimum atomic E-state index is 0.479. The lowest BCUT2D eigenvalue weighted by molar-refractivity contribution is 1.05. The summed E-state index contributed by atoms with van der Waals surface area (Å²) in [5.41, 5.74) is 6.73. The second-order valence-corrected chi connectivity index (χ2v) is 5.87. The van der Waals surface area contributed by atoms with E-state index < -0.39 is 0 Å². The number of hydrogen-bond acceptors (Lipinski definition) is 3. The first kappa shape index (κ1) is 12.7. The second kappa shape index (κ2) is 4.96. The molecule has 2 aromatic heterocycles. The first-order chi connectivity index (χ1) is 9.13. The molecule has 0 aliphatic heterocycles. The Balaban J connectivity index is 2.09. The molecule has 0 aliphatic rings. The van der Waals surface area contributed by atoms with Crippen LogP contribution < -0.4 is 5.73 Å². The molecule has 0 saturated heterocycles. The molecular formula is C13H9Cl2N3S. The van der Waals surface area contributed by atoms with Crippen LogP contribution in [0.1, 0.15) is 0 Å². The Labute approximate surface area is 124 Å². The van der Waals surface area contributed by atoms with Crippen LogP contribution >= 0.6 is 35.0 Å². The molecule has 0 fully saturated rings. The van der Waals surface area contributed by atoms with E-state index in [4.69, 9.17) is 28.9 Å². The lowest BCUT2D eigenvalue weighted by Crippen LogP contribution is -1.89. The van der Waals surface area contributed by atoms with Gasteiger partial charge in [-0.25, -0.2) is 4.98 Å². The average Bonchev–Trinajstić information content (AvgIpc) is 2.66. The summed E-state index contributed by atoms with van der Waals surface area (Å²) < 4.78 is 1.88. The fourth-order valence-corrected chi connectivity index (χ4v) is 3.13. The van der Waals surface area contributed by atoms with E-state index in [0.29, 0.717) is 15.9 Å². The lowest BCUT2D eigenvalue weighted by atomic mass is 10.4. The highest BCUT2D eigenvalue weighted by molar-refractivity contribution is 7.99. The monoisotopic (exact) mass is 309 g/mol. The molecule has 0 aliphatic carbocycles. The summed E-state index contributed by atoms with van der Waals surface area (Å²) in [5, 5.41) is 2.16. The average molecular weight is 310 g/mol. The number of pyridine rings is 1. The number of imidazole rings is 1. The lowest BCUT2D eigenvalue weighted by Gasteiger charge is -2.03. The van der Waals surface area contributed by atoms with E-state index in [-0.39, 0.29) is 0 Å². The molecule has 2 heterocycles. The highest BCUT2D eigenvalue weighted by atomic mass is 35.5. The molecule has 0 radical (unpaired) electrons. The predicted octanol–water partition coefficient (Wildman–Crippen LogP) is 4.37. The number of halogens is 2. The molecule has 0 spiro atoms. The fraction of sp³-hybridized carbons (Fsp3) is 0. The summed E-state index contributed by atoms with van der Waals surface area (Å²) in [6.45, 7) is 0. The number of aromatic nitrogens is 2. The van der Waals surface area contributed by atoms with E-state index in [0.717, 1.165) is 15.6 Å². The molecule has 3 nitrogen and oxygen atoms in total. The molecule has 0 saturated carbocycles. The number of nitrogens with zero attached hydrogens (tertiary/aromatic N) is 2. The van der Waals surface area contributed by atoms with Gasteiger partial charge in [-0.15, -0.1) is 0 Å². The van der Waals surface area contributed by atoms with Crippen molar-refractivity contribution in [3.8, 4) is 0 Å². The number of hydrogen-bond donors (Lipinski definition) is 1. The highest BCUT2D eigenvalue weighted by Crippen LogP contribution is 2.34. The zero-order valence-electron chi connectivity index (χ0n) is 9.68. The maximum Gasteiger partial charge on any atom is 0.157 e. The Morgan fingerprint density at radius 1 is 1.11 bits per heavy atom. The van der Waals surface area contributed by atoms with Crippen molar-refractivity contribution in [2.24, 2.45) is 0 Å². The van der Waals surface area contributed by atoms with Crippen LogP contribution in [0.3, 0.4) is 0 Å². The topological polar surface area (TPSA) is 43.3 Å². The van der Waals surface area contributed by atoms with Crippen LogP contribution in [-0.2, 0) is 0 Å². The normalized spacial score (nSPS) is 11.1. The molecule has 2 N–H and O–H groups in total. The molecule has 96 valence electrons. The smallest absolute Gasteiger partial charge is 0.157 e. The Bertz CT molecular complexity index is 755. The molecular weight excluding hydrogens is 301 g/mol. The van der Waals surface area contributed by atoms with E-state index in [9.17, 15) is 0 Å². The molecule has 0 amide bonds. The van der Waals surface area contributed by atoms with E-state index in [1.165, 1.54) is 11.8 Å². The first-order valence-corrected chi connectivity index (χ1v) is 7.07. The zero-order chi connectivity index (χ0) is 13.4. The molecule has 19 heavy (non-hydrogen) atoms. The molecule has 0 atom stereocenters. The van der Waals surface area contributed by atoms with Crippen molar-refractivity contribution >= 4 is 46.4 Å². The van der Waals surface area contributed by atoms with E-state index in [1.54, 1.807) is 12.3 Å². The molecule has 1 aromatic carbocycles. The Morgan fingerprint density at radius 3 is 2.74 bits per heavy atom. The third kappa shape index (κ3) is 2.52. The number of rotatable bonds is 2. The summed E-state index contributed by atoms with van der Waals surface area (Å²) in [5.74, 6) is 0.479. The van der Waals surface area contributed by atoms with Crippen LogP contribution in [0.15, 0.2) is 52.5 Å². The predicted molar refractivity (Wildman–Crippen MR) is 80.2 cm³/mol. The SMILES string of the molecule is Nc1nc2ccc(Cl)cn2c1Sc1cccc(Cl)c1. The minimum Gasteiger partial charge on any atom is -0.381 e. The van der Waals surface area contributed by atoms with E-state index in [1.807, 2.05) is 34.7 Å². The largest absolute Gasteiger partial charge is 0.381 e. The van der Waals surface area contributed by atoms with Crippen LogP contribution in [0.5, 0.6) is 0 Å². The quantitative estimate of drug-likeness (QED) is 0.764. The van der Waals surface area contributed by atoms with Gasteiger partial charge >= 0.3 is 0 Å². The van der Waals surface area contributed by atoms with Gasteiger partial charge in [-0.3, -0.25) is 4.40 Å². The molecule has 3 aromatic rings. The number of nitrogens with two attached hydrogens (primary N) is 1. The molecule has 3 rings (SSSR count). The van der Waals surface area contributed by atoms with Crippen molar-refractivity contribution in [1.29, 1.82) is 0 Å². The summed E-state index contributed by atoms with van der Waals surface area (Å²) >= 11 is 13.5. The standard InChI is InChI=1S/C13H9Cl2N3S/c14-8-2-1-3-10(6-8)19-13-12(16)17-11-5-4-9(15)7-18(11)13/h1-7H,16H2. The zero-order valence-corrected chi connectivity index (χ0v) is 12.0. The van der Waals surface area contributed by atoms with Crippen molar-refractivity contribution in [2.75, 3.05) is 5.73 Å². The second-order valence-electron chi connectivity index (χ2n) is 3.94. The van der Waals surface area contributed by atoms with Gasteiger partial charge in [0.05, 0.1) is 5.02 Å². The number of benzene rings is 1. The van der Waals surface area contributed by atoms with Gasteiger partial charge in [0.25, 0.3) is 0 Å². The molecule has 0 bridgehead atoms. The molecule has 0 unspecified atom stereocenters. The van der Waals surface area contributed by atoms with Crippen molar-refractivity contribution in [3.05, 3.63) is 52.6 Å². The van der Waals surface area contributed by atoms with Crippen molar-refractivity contribution < 1.29 is 0 Å². The van der Waals surface area contributed by atoms with Crippen LogP contribution in [0, 0.1) is 0 Å². The summed E-state index contributed by atoms with van der Waals surface area (Å²) in [6, 6.07) is 11.2.